The zero-order chi connectivity index (χ0) is 14.1. The standard InChI is InChI=1S/C15H17BrN2OS/c1-9-7-20-8-13(9)14(18-17)6-11-5-12(16)4-10-2-3-19-15(10)11/h4-5,7-8,14,18H,2-3,6,17H2,1H3. The van der Waals surface area contributed by atoms with E-state index in [-0.39, 0.29) is 6.04 Å². The smallest absolute Gasteiger partial charge is 0.125 e. The highest BCUT2D eigenvalue weighted by atomic mass is 79.9. The molecule has 0 amide bonds. The van der Waals surface area contributed by atoms with Gasteiger partial charge in [-0.15, -0.1) is 0 Å². The van der Waals surface area contributed by atoms with Crippen molar-refractivity contribution < 1.29 is 4.74 Å². The number of hydrazine groups is 1. The van der Waals surface area contributed by atoms with Gasteiger partial charge in [-0.3, -0.25) is 11.3 Å². The maximum absolute atomic E-state index is 5.79. The van der Waals surface area contributed by atoms with Crippen LogP contribution in [0.5, 0.6) is 5.75 Å². The molecular weight excluding hydrogens is 336 g/mol. The number of nitrogens with two attached hydrogens (primary N) is 1. The molecule has 0 aliphatic carbocycles. The molecule has 2 heterocycles. The summed E-state index contributed by atoms with van der Waals surface area (Å²) in [5.74, 6) is 6.81. The molecule has 0 saturated heterocycles. The SMILES string of the molecule is Cc1cscc1C(Cc1cc(Br)cc2c1OCC2)NN. The van der Waals surface area contributed by atoms with Crippen molar-refractivity contribution in [1.29, 1.82) is 0 Å². The second-order valence-corrected chi connectivity index (χ2v) is 6.74. The van der Waals surface area contributed by atoms with Gasteiger partial charge in [-0.2, -0.15) is 11.3 Å². The van der Waals surface area contributed by atoms with Crippen molar-refractivity contribution in [2.45, 2.75) is 25.8 Å². The highest BCUT2D eigenvalue weighted by molar-refractivity contribution is 9.10. The van der Waals surface area contributed by atoms with Crippen molar-refractivity contribution in [2.24, 2.45) is 5.84 Å². The maximum atomic E-state index is 5.79. The van der Waals surface area contributed by atoms with Gasteiger partial charge in [0.25, 0.3) is 0 Å². The number of ether oxygens (including phenoxy) is 1. The van der Waals surface area contributed by atoms with Gasteiger partial charge in [0.2, 0.25) is 0 Å². The van der Waals surface area contributed by atoms with E-state index in [0.29, 0.717) is 0 Å². The number of fused-ring (bicyclic) bond motifs is 1. The minimum atomic E-state index is 0.115. The first-order valence-electron chi connectivity index (χ1n) is 6.62. The van der Waals surface area contributed by atoms with Gasteiger partial charge in [0.05, 0.1) is 12.6 Å². The van der Waals surface area contributed by atoms with Crippen molar-refractivity contribution >= 4 is 27.3 Å². The van der Waals surface area contributed by atoms with Crippen molar-refractivity contribution in [1.82, 2.24) is 5.43 Å². The second-order valence-electron chi connectivity index (χ2n) is 5.09. The van der Waals surface area contributed by atoms with Gasteiger partial charge in [0.15, 0.2) is 0 Å². The third-order valence-electron chi connectivity index (χ3n) is 3.72. The molecule has 2 aromatic rings. The van der Waals surface area contributed by atoms with Crippen LogP contribution in [0.3, 0.4) is 0 Å². The Bertz CT molecular complexity index is 626. The molecule has 3 rings (SSSR count). The van der Waals surface area contributed by atoms with Gasteiger partial charge >= 0.3 is 0 Å². The topological polar surface area (TPSA) is 47.3 Å². The van der Waals surface area contributed by atoms with Crippen LogP contribution in [0.2, 0.25) is 0 Å². The Morgan fingerprint density at radius 1 is 1.45 bits per heavy atom. The van der Waals surface area contributed by atoms with Crippen LogP contribution in [0.25, 0.3) is 0 Å². The van der Waals surface area contributed by atoms with Crippen LogP contribution in [-0.4, -0.2) is 6.61 Å². The lowest BCUT2D eigenvalue weighted by Gasteiger charge is -2.18. The minimum absolute atomic E-state index is 0.115. The fourth-order valence-corrected chi connectivity index (χ4v) is 4.16. The van der Waals surface area contributed by atoms with E-state index in [4.69, 9.17) is 10.6 Å². The molecule has 1 atom stereocenters. The van der Waals surface area contributed by atoms with Crippen LogP contribution in [0.4, 0.5) is 0 Å². The Hall–Kier alpha value is -0.880. The van der Waals surface area contributed by atoms with E-state index in [2.05, 4.69) is 51.2 Å². The Morgan fingerprint density at radius 3 is 3.00 bits per heavy atom. The van der Waals surface area contributed by atoms with Crippen LogP contribution in [0.1, 0.15) is 28.3 Å². The van der Waals surface area contributed by atoms with Crippen molar-refractivity contribution in [3.05, 3.63) is 49.6 Å². The van der Waals surface area contributed by atoms with E-state index < -0.39 is 0 Å². The van der Waals surface area contributed by atoms with Gasteiger partial charge in [-0.25, -0.2) is 0 Å². The molecule has 1 aromatic carbocycles. The first-order chi connectivity index (χ1) is 9.69. The van der Waals surface area contributed by atoms with E-state index >= 15 is 0 Å². The highest BCUT2D eigenvalue weighted by Gasteiger charge is 2.21. The van der Waals surface area contributed by atoms with Crippen molar-refractivity contribution in [3.8, 4) is 5.75 Å². The minimum Gasteiger partial charge on any atom is -0.493 e. The summed E-state index contributed by atoms with van der Waals surface area (Å²) in [7, 11) is 0. The third-order valence-corrected chi connectivity index (χ3v) is 5.06. The first kappa shape index (κ1) is 14.1. The molecular formula is C15H17BrN2OS. The van der Waals surface area contributed by atoms with Gasteiger partial charge in [-0.1, -0.05) is 15.9 Å². The Labute approximate surface area is 131 Å². The number of thiophene rings is 1. The zero-order valence-corrected chi connectivity index (χ0v) is 13.7. The quantitative estimate of drug-likeness (QED) is 0.653. The van der Waals surface area contributed by atoms with Crippen LogP contribution in [0, 0.1) is 6.92 Å². The fraction of sp³-hybridized carbons (Fsp3) is 0.333. The molecule has 20 heavy (non-hydrogen) atoms. The monoisotopic (exact) mass is 352 g/mol. The summed E-state index contributed by atoms with van der Waals surface area (Å²) in [5.41, 5.74) is 7.98. The number of aryl methyl sites for hydroxylation is 1. The van der Waals surface area contributed by atoms with Gasteiger partial charge in [0, 0.05) is 10.9 Å². The van der Waals surface area contributed by atoms with Crippen LogP contribution in [-0.2, 0) is 12.8 Å². The predicted octanol–water partition coefficient (Wildman–Crippen LogP) is 3.50. The van der Waals surface area contributed by atoms with Gasteiger partial charge in [0.1, 0.15) is 5.75 Å². The summed E-state index contributed by atoms with van der Waals surface area (Å²) in [6.07, 6.45) is 1.82. The summed E-state index contributed by atoms with van der Waals surface area (Å²) in [4.78, 5) is 0. The Morgan fingerprint density at radius 2 is 2.30 bits per heavy atom. The molecule has 0 spiro atoms. The van der Waals surface area contributed by atoms with Crippen LogP contribution in [0.15, 0.2) is 27.4 Å². The molecule has 0 radical (unpaired) electrons. The summed E-state index contributed by atoms with van der Waals surface area (Å²) >= 11 is 5.30. The van der Waals surface area contributed by atoms with E-state index in [0.717, 1.165) is 29.7 Å². The maximum Gasteiger partial charge on any atom is 0.125 e. The molecule has 1 aromatic heterocycles. The van der Waals surface area contributed by atoms with Gasteiger partial charge < -0.3 is 4.74 Å². The molecule has 5 heteroatoms. The molecule has 3 nitrogen and oxygen atoms in total. The molecule has 3 N–H and O–H groups in total. The largest absolute Gasteiger partial charge is 0.493 e. The number of hydrogen-bond acceptors (Lipinski definition) is 4. The number of rotatable bonds is 4. The highest BCUT2D eigenvalue weighted by Crippen LogP contribution is 2.36. The molecule has 0 fully saturated rings. The average Bonchev–Trinajstić information content (AvgIpc) is 3.04. The summed E-state index contributed by atoms with van der Waals surface area (Å²) in [6.45, 7) is 2.90. The zero-order valence-electron chi connectivity index (χ0n) is 11.3. The lowest BCUT2D eigenvalue weighted by Crippen LogP contribution is -2.29. The molecule has 1 aliphatic heterocycles. The number of benzene rings is 1. The summed E-state index contributed by atoms with van der Waals surface area (Å²) in [6, 6.07) is 4.40. The predicted molar refractivity (Wildman–Crippen MR) is 86.2 cm³/mol. The lowest BCUT2D eigenvalue weighted by molar-refractivity contribution is 0.351. The van der Waals surface area contributed by atoms with Gasteiger partial charge in [-0.05, 0) is 58.5 Å². The normalized spacial score (nSPS) is 14.9. The molecule has 0 bridgehead atoms. The molecule has 1 unspecified atom stereocenters. The fourth-order valence-electron chi connectivity index (χ4n) is 2.70. The van der Waals surface area contributed by atoms with Crippen molar-refractivity contribution in [3.63, 3.8) is 0 Å². The molecule has 0 saturated carbocycles. The van der Waals surface area contributed by atoms with Crippen LogP contribution < -0.4 is 16.0 Å². The summed E-state index contributed by atoms with van der Waals surface area (Å²) in [5, 5.41) is 4.32. The summed E-state index contributed by atoms with van der Waals surface area (Å²) < 4.78 is 6.90. The molecule has 1 aliphatic rings. The Kier molecular flexibility index (Phi) is 4.12. The first-order valence-corrected chi connectivity index (χ1v) is 8.35. The second kappa shape index (κ2) is 5.85. The Balaban J connectivity index is 1.92. The van der Waals surface area contributed by atoms with E-state index in [1.54, 1.807) is 11.3 Å². The van der Waals surface area contributed by atoms with Crippen LogP contribution >= 0.6 is 27.3 Å². The van der Waals surface area contributed by atoms with E-state index in [1.807, 2.05) is 0 Å². The molecule has 106 valence electrons. The number of nitrogens with one attached hydrogen (secondary N) is 1. The van der Waals surface area contributed by atoms with E-state index in [1.165, 1.54) is 22.3 Å². The average molecular weight is 353 g/mol. The number of hydrogen-bond donors (Lipinski definition) is 2. The number of halogens is 1. The van der Waals surface area contributed by atoms with Crippen molar-refractivity contribution in [2.75, 3.05) is 6.61 Å². The third kappa shape index (κ3) is 2.63. The lowest BCUT2D eigenvalue weighted by atomic mass is 9.97. The van der Waals surface area contributed by atoms with E-state index in [9.17, 15) is 0 Å².